The van der Waals surface area contributed by atoms with Crippen molar-refractivity contribution in [3.63, 3.8) is 0 Å². The summed E-state index contributed by atoms with van der Waals surface area (Å²) in [6.07, 6.45) is 2.13. The quantitative estimate of drug-likeness (QED) is 0.662. The summed E-state index contributed by atoms with van der Waals surface area (Å²) in [6.45, 7) is 2.25. The third-order valence-corrected chi connectivity index (χ3v) is 3.41. The Labute approximate surface area is 130 Å². The molecule has 1 aromatic carbocycles. The van der Waals surface area contributed by atoms with Gasteiger partial charge in [0.1, 0.15) is 5.75 Å². The van der Waals surface area contributed by atoms with Crippen molar-refractivity contribution in [2.24, 2.45) is 0 Å². The number of benzene rings is 1. The van der Waals surface area contributed by atoms with Crippen LogP contribution in [0.1, 0.15) is 31.4 Å². The Morgan fingerprint density at radius 2 is 1.91 bits per heavy atom. The van der Waals surface area contributed by atoms with Crippen LogP contribution in [-0.4, -0.2) is 38.1 Å². The minimum absolute atomic E-state index is 0.0320. The molecule has 0 aromatic heterocycles. The van der Waals surface area contributed by atoms with Gasteiger partial charge in [0, 0.05) is 6.04 Å². The number of ether oxygens (including phenoxy) is 1. The highest BCUT2D eigenvalue weighted by atomic mass is 16.5. The molecule has 6 nitrogen and oxygen atoms in total. The number of rotatable bonds is 8. The molecule has 1 saturated carbocycles. The van der Waals surface area contributed by atoms with E-state index in [1.807, 2.05) is 19.1 Å². The Kier molecular flexibility index (Phi) is 5.77. The van der Waals surface area contributed by atoms with E-state index in [0.717, 1.165) is 18.4 Å². The fourth-order valence-corrected chi connectivity index (χ4v) is 2.04. The van der Waals surface area contributed by atoms with Crippen LogP contribution in [0, 0.1) is 0 Å². The van der Waals surface area contributed by atoms with Crippen molar-refractivity contribution in [1.82, 2.24) is 16.0 Å². The average Bonchev–Trinajstić information content (AvgIpc) is 3.29. The molecule has 1 fully saturated rings. The first kappa shape index (κ1) is 16.3. The number of hydrogen-bond donors (Lipinski definition) is 3. The van der Waals surface area contributed by atoms with Crippen LogP contribution in [0.2, 0.25) is 0 Å². The summed E-state index contributed by atoms with van der Waals surface area (Å²) in [4.78, 5) is 23.1. The first-order valence-corrected chi connectivity index (χ1v) is 7.54. The number of carbonyl (C=O) groups is 2. The van der Waals surface area contributed by atoms with Gasteiger partial charge in [0.2, 0.25) is 5.91 Å². The summed E-state index contributed by atoms with van der Waals surface area (Å²) in [5.41, 5.74) is 0.985. The molecule has 1 atom stereocenters. The summed E-state index contributed by atoms with van der Waals surface area (Å²) in [5.74, 6) is 0.509. The molecule has 2 rings (SSSR count). The largest absolute Gasteiger partial charge is 0.484 e. The zero-order valence-corrected chi connectivity index (χ0v) is 13.0. The molecule has 6 heteroatoms. The molecule has 3 N–H and O–H groups in total. The van der Waals surface area contributed by atoms with Gasteiger partial charge in [-0.15, -0.1) is 0 Å². The predicted molar refractivity (Wildman–Crippen MR) is 83.6 cm³/mol. The Morgan fingerprint density at radius 3 is 2.50 bits per heavy atom. The second kappa shape index (κ2) is 7.79. The summed E-state index contributed by atoms with van der Waals surface area (Å²) >= 11 is 0. The summed E-state index contributed by atoms with van der Waals surface area (Å²) < 4.78 is 5.44. The maximum Gasteiger partial charge on any atom is 0.258 e. The zero-order valence-electron chi connectivity index (χ0n) is 13.0. The van der Waals surface area contributed by atoms with E-state index in [1.54, 1.807) is 19.2 Å². The smallest absolute Gasteiger partial charge is 0.258 e. The molecule has 1 aliphatic carbocycles. The molecular weight excluding hydrogens is 282 g/mol. The van der Waals surface area contributed by atoms with Gasteiger partial charge in [0.05, 0.1) is 12.6 Å². The van der Waals surface area contributed by atoms with Crippen LogP contribution < -0.4 is 20.7 Å². The lowest BCUT2D eigenvalue weighted by atomic mass is 10.1. The molecule has 1 aromatic rings. The SMILES string of the molecule is CNCC(=O)NC(C)c1ccc(OCC(=O)NC2CC2)cc1. The second-order valence-electron chi connectivity index (χ2n) is 5.52. The van der Waals surface area contributed by atoms with Crippen molar-refractivity contribution >= 4 is 11.8 Å². The van der Waals surface area contributed by atoms with Crippen molar-refractivity contribution in [3.8, 4) is 5.75 Å². The molecule has 1 unspecified atom stereocenters. The third kappa shape index (κ3) is 5.37. The van der Waals surface area contributed by atoms with E-state index in [-0.39, 0.29) is 24.5 Å². The van der Waals surface area contributed by atoms with Gasteiger partial charge in [-0.2, -0.15) is 0 Å². The van der Waals surface area contributed by atoms with Gasteiger partial charge in [0.25, 0.3) is 5.91 Å². The van der Waals surface area contributed by atoms with Crippen LogP contribution in [0.4, 0.5) is 0 Å². The number of carbonyl (C=O) groups excluding carboxylic acids is 2. The van der Waals surface area contributed by atoms with Gasteiger partial charge >= 0.3 is 0 Å². The lowest BCUT2D eigenvalue weighted by Crippen LogP contribution is -2.33. The first-order valence-electron chi connectivity index (χ1n) is 7.54. The summed E-state index contributed by atoms with van der Waals surface area (Å²) in [7, 11) is 1.73. The van der Waals surface area contributed by atoms with Crippen molar-refractivity contribution < 1.29 is 14.3 Å². The number of amides is 2. The van der Waals surface area contributed by atoms with Gasteiger partial charge in [-0.1, -0.05) is 12.1 Å². The molecule has 120 valence electrons. The van der Waals surface area contributed by atoms with E-state index in [9.17, 15) is 9.59 Å². The van der Waals surface area contributed by atoms with Gasteiger partial charge in [-0.3, -0.25) is 9.59 Å². The van der Waals surface area contributed by atoms with E-state index >= 15 is 0 Å². The number of hydrogen-bond acceptors (Lipinski definition) is 4. The Morgan fingerprint density at radius 1 is 1.23 bits per heavy atom. The van der Waals surface area contributed by atoms with Crippen LogP contribution in [0.3, 0.4) is 0 Å². The van der Waals surface area contributed by atoms with E-state index < -0.39 is 0 Å². The molecule has 0 aliphatic heterocycles. The highest BCUT2D eigenvalue weighted by Gasteiger charge is 2.23. The normalized spacial score (nSPS) is 15.0. The molecule has 0 spiro atoms. The lowest BCUT2D eigenvalue weighted by molar-refractivity contribution is -0.123. The van der Waals surface area contributed by atoms with E-state index in [0.29, 0.717) is 18.3 Å². The first-order chi connectivity index (χ1) is 10.6. The van der Waals surface area contributed by atoms with Crippen LogP contribution in [0.15, 0.2) is 24.3 Å². The molecule has 0 heterocycles. The van der Waals surface area contributed by atoms with Crippen LogP contribution in [-0.2, 0) is 9.59 Å². The van der Waals surface area contributed by atoms with Crippen molar-refractivity contribution in [1.29, 1.82) is 0 Å². The van der Waals surface area contributed by atoms with Crippen molar-refractivity contribution in [2.75, 3.05) is 20.2 Å². The Balaban J connectivity index is 1.78. The maximum atomic E-state index is 11.5. The predicted octanol–water partition coefficient (Wildman–Crippen LogP) is 0.741. The van der Waals surface area contributed by atoms with Gasteiger partial charge < -0.3 is 20.7 Å². The topological polar surface area (TPSA) is 79.5 Å². The van der Waals surface area contributed by atoms with Crippen LogP contribution >= 0.6 is 0 Å². The van der Waals surface area contributed by atoms with Crippen molar-refractivity contribution in [3.05, 3.63) is 29.8 Å². The molecule has 2 amide bonds. The number of likely N-dealkylation sites (N-methyl/N-ethyl adjacent to an activating group) is 1. The minimum atomic E-state index is -0.0840. The molecule has 0 bridgehead atoms. The van der Waals surface area contributed by atoms with Gasteiger partial charge in [0.15, 0.2) is 6.61 Å². The van der Waals surface area contributed by atoms with Crippen LogP contribution in [0.5, 0.6) is 5.75 Å². The van der Waals surface area contributed by atoms with Gasteiger partial charge in [-0.25, -0.2) is 0 Å². The standard InChI is InChI=1S/C16H23N3O3/c1-11(18-15(20)9-17-2)12-3-7-14(8-4-12)22-10-16(21)19-13-5-6-13/h3-4,7-8,11,13,17H,5-6,9-10H2,1-2H3,(H,18,20)(H,19,21). The molecule has 22 heavy (non-hydrogen) atoms. The van der Waals surface area contributed by atoms with E-state index in [2.05, 4.69) is 16.0 Å². The van der Waals surface area contributed by atoms with Crippen LogP contribution in [0.25, 0.3) is 0 Å². The minimum Gasteiger partial charge on any atom is -0.484 e. The fraction of sp³-hybridized carbons (Fsp3) is 0.500. The van der Waals surface area contributed by atoms with Gasteiger partial charge in [-0.05, 0) is 44.5 Å². The number of nitrogens with one attached hydrogen (secondary N) is 3. The summed E-state index contributed by atoms with van der Waals surface area (Å²) in [6, 6.07) is 7.66. The van der Waals surface area contributed by atoms with E-state index in [4.69, 9.17) is 4.74 Å². The summed E-state index contributed by atoms with van der Waals surface area (Å²) in [5, 5.41) is 8.57. The highest BCUT2D eigenvalue weighted by molar-refractivity contribution is 5.78. The maximum absolute atomic E-state index is 11.5. The Hall–Kier alpha value is -2.08. The third-order valence-electron chi connectivity index (χ3n) is 3.41. The fourth-order valence-electron chi connectivity index (χ4n) is 2.04. The van der Waals surface area contributed by atoms with Crippen molar-refractivity contribution in [2.45, 2.75) is 31.8 Å². The molecule has 0 saturated heterocycles. The highest BCUT2D eigenvalue weighted by Crippen LogP contribution is 2.19. The second-order valence-corrected chi connectivity index (χ2v) is 5.52. The van der Waals surface area contributed by atoms with E-state index in [1.165, 1.54) is 0 Å². The Bertz CT molecular complexity index is 512. The molecule has 0 radical (unpaired) electrons. The molecule has 1 aliphatic rings. The molecular formula is C16H23N3O3. The zero-order chi connectivity index (χ0) is 15.9. The average molecular weight is 305 g/mol. The lowest BCUT2D eigenvalue weighted by Gasteiger charge is -2.15. The monoisotopic (exact) mass is 305 g/mol.